The van der Waals surface area contributed by atoms with Gasteiger partial charge < -0.3 is 10.6 Å². The Bertz CT molecular complexity index is 696. The number of rotatable bonds is 3. The number of non-ortho nitro benzene ring substituents is 1. The van der Waals surface area contributed by atoms with E-state index in [-0.39, 0.29) is 16.9 Å². The standard InChI is InChI=1S/C15H14N2O3.H2O/c1-10-3-4-13(7-11(10)2)16-9-12-8-14(17(19)20)5-6-15(12)18;/h3-9,18H,1-2H3;1H2. The molecule has 6 heteroatoms. The lowest BCUT2D eigenvalue weighted by atomic mass is 10.1. The first kappa shape index (κ1) is 16.3. The Morgan fingerprint density at radius 1 is 1.14 bits per heavy atom. The van der Waals surface area contributed by atoms with Crippen LogP contribution in [0.1, 0.15) is 16.7 Å². The number of benzene rings is 2. The van der Waals surface area contributed by atoms with E-state index in [1.165, 1.54) is 30.0 Å². The first-order valence-corrected chi connectivity index (χ1v) is 6.06. The Kier molecular flexibility index (Phi) is 5.15. The molecule has 0 fully saturated rings. The van der Waals surface area contributed by atoms with Gasteiger partial charge >= 0.3 is 0 Å². The van der Waals surface area contributed by atoms with E-state index < -0.39 is 4.92 Å². The summed E-state index contributed by atoms with van der Waals surface area (Å²) < 4.78 is 0. The maximum atomic E-state index is 10.7. The third-order valence-electron chi connectivity index (χ3n) is 3.07. The zero-order valence-corrected chi connectivity index (χ0v) is 11.7. The van der Waals surface area contributed by atoms with Gasteiger partial charge in [0, 0.05) is 23.9 Å². The van der Waals surface area contributed by atoms with Crippen LogP contribution in [0.3, 0.4) is 0 Å². The number of nitro groups is 1. The van der Waals surface area contributed by atoms with Crippen LogP contribution in [-0.4, -0.2) is 21.7 Å². The summed E-state index contributed by atoms with van der Waals surface area (Å²) in [6.07, 6.45) is 1.42. The highest BCUT2D eigenvalue weighted by Crippen LogP contribution is 2.23. The average Bonchev–Trinajstić information content (AvgIpc) is 2.41. The minimum Gasteiger partial charge on any atom is -0.507 e. The van der Waals surface area contributed by atoms with Crippen molar-refractivity contribution >= 4 is 17.6 Å². The summed E-state index contributed by atoms with van der Waals surface area (Å²) in [5.74, 6) is -0.0387. The van der Waals surface area contributed by atoms with Gasteiger partial charge in [-0.15, -0.1) is 0 Å². The molecule has 0 unspecified atom stereocenters. The molecule has 3 N–H and O–H groups in total. The van der Waals surface area contributed by atoms with E-state index in [2.05, 4.69) is 4.99 Å². The van der Waals surface area contributed by atoms with Crippen LogP contribution in [0.2, 0.25) is 0 Å². The number of aromatic hydroxyl groups is 1. The number of aliphatic imine (C=N–C) groups is 1. The summed E-state index contributed by atoms with van der Waals surface area (Å²) in [5, 5.41) is 20.4. The summed E-state index contributed by atoms with van der Waals surface area (Å²) in [6, 6.07) is 9.56. The van der Waals surface area contributed by atoms with Gasteiger partial charge in [-0.25, -0.2) is 0 Å². The molecule has 21 heavy (non-hydrogen) atoms. The van der Waals surface area contributed by atoms with Crippen molar-refractivity contribution in [3.63, 3.8) is 0 Å². The summed E-state index contributed by atoms with van der Waals surface area (Å²) in [7, 11) is 0. The third-order valence-corrected chi connectivity index (χ3v) is 3.07. The van der Waals surface area contributed by atoms with Crippen molar-refractivity contribution in [1.29, 1.82) is 0 Å². The number of nitro benzene ring substituents is 1. The second kappa shape index (κ2) is 6.62. The lowest BCUT2D eigenvalue weighted by molar-refractivity contribution is -0.384. The summed E-state index contributed by atoms with van der Waals surface area (Å²) in [4.78, 5) is 14.4. The number of nitrogens with zero attached hydrogens (tertiary/aromatic N) is 2. The van der Waals surface area contributed by atoms with Gasteiger partial charge in [-0.2, -0.15) is 0 Å². The molecule has 0 radical (unpaired) electrons. The molecule has 0 saturated carbocycles. The van der Waals surface area contributed by atoms with E-state index in [0.29, 0.717) is 5.56 Å². The SMILES string of the molecule is Cc1ccc(N=Cc2cc([N+](=O)[O-])ccc2O)cc1C.O. The molecule has 2 aromatic rings. The van der Waals surface area contributed by atoms with Gasteiger partial charge in [-0.05, 0) is 43.2 Å². The maximum absolute atomic E-state index is 10.7. The van der Waals surface area contributed by atoms with E-state index >= 15 is 0 Å². The van der Waals surface area contributed by atoms with Crippen molar-refractivity contribution in [2.75, 3.05) is 0 Å². The molecule has 0 atom stereocenters. The monoisotopic (exact) mass is 288 g/mol. The Labute approximate surface area is 121 Å². The highest BCUT2D eigenvalue weighted by Gasteiger charge is 2.08. The van der Waals surface area contributed by atoms with Crippen LogP contribution in [0.4, 0.5) is 11.4 Å². The summed E-state index contributed by atoms with van der Waals surface area (Å²) >= 11 is 0. The van der Waals surface area contributed by atoms with E-state index in [4.69, 9.17) is 0 Å². The van der Waals surface area contributed by atoms with Gasteiger partial charge in [0.15, 0.2) is 0 Å². The fourth-order valence-electron chi connectivity index (χ4n) is 1.71. The molecule has 6 nitrogen and oxygen atoms in total. The second-order valence-electron chi connectivity index (χ2n) is 4.53. The molecule has 0 aliphatic carbocycles. The normalized spacial score (nSPS) is 10.4. The van der Waals surface area contributed by atoms with Gasteiger partial charge in [0.25, 0.3) is 5.69 Å². The van der Waals surface area contributed by atoms with Crippen molar-refractivity contribution in [3.8, 4) is 5.75 Å². The molecule has 0 saturated heterocycles. The first-order chi connectivity index (χ1) is 9.47. The predicted molar refractivity (Wildman–Crippen MR) is 81.5 cm³/mol. The average molecular weight is 288 g/mol. The highest BCUT2D eigenvalue weighted by molar-refractivity contribution is 5.86. The molecule has 0 aliphatic rings. The van der Waals surface area contributed by atoms with Gasteiger partial charge in [0.2, 0.25) is 0 Å². The highest BCUT2D eigenvalue weighted by atomic mass is 16.6. The lowest BCUT2D eigenvalue weighted by Crippen LogP contribution is -1.90. The van der Waals surface area contributed by atoms with Crippen LogP contribution in [-0.2, 0) is 0 Å². The lowest BCUT2D eigenvalue weighted by Gasteiger charge is -2.01. The minimum atomic E-state index is -0.507. The van der Waals surface area contributed by atoms with E-state index in [1.807, 2.05) is 32.0 Å². The van der Waals surface area contributed by atoms with Crippen LogP contribution in [0, 0.1) is 24.0 Å². The van der Waals surface area contributed by atoms with Crippen LogP contribution < -0.4 is 0 Å². The van der Waals surface area contributed by atoms with Crippen LogP contribution in [0.15, 0.2) is 41.4 Å². The Morgan fingerprint density at radius 2 is 1.86 bits per heavy atom. The topological polar surface area (TPSA) is 107 Å². The van der Waals surface area contributed by atoms with Gasteiger partial charge in [-0.3, -0.25) is 15.1 Å². The zero-order valence-electron chi connectivity index (χ0n) is 11.7. The largest absolute Gasteiger partial charge is 0.507 e. The van der Waals surface area contributed by atoms with Crippen LogP contribution in [0.5, 0.6) is 5.75 Å². The fraction of sp³-hybridized carbons (Fsp3) is 0.133. The molecule has 0 bridgehead atoms. The molecule has 0 spiro atoms. The molecule has 0 heterocycles. The van der Waals surface area contributed by atoms with Crippen molar-refractivity contribution in [1.82, 2.24) is 0 Å². The second-order valence-corrected chi connectivity index (χ2v) is 4.53. The number of hydrogen-bond donors (Lipinski definition) is 1. The van der Waals surface area contributed by atoms with E-state index in [1.54, 1.807) is 0 Å². The molecule has 0 aliphatic heterocycles. The number of phenols is 1. The summed E-state index contributed by atoms with van der Waals surface area (Å²) in [6.45, 7) is 3.99. The van der Waals surface area contributed by atoms with Crippen molar-refractivity contribution in [2.45, 2.75) is 13.8 Å². The number of hydrogen-bond acceptors (Lipinski definition) is 4. The maximum Gasteiger partial charge on any atom is 0.270 e. The molecule has 0 aromatic heterocycles. The quantitative estimate of drug-likeness (QED) is 0.533. The summed E-state index contributed by atoms with van der Waals surface area (Å²) in [5.41, 5.74) is 3.26. The third kappa shape index (κ3) is 3.87. The molecular formula is C15H16N2O4. The van der Waals surface area contributed by atoms with Crippen LogP contribution >= 0.6 is 0 Å². The van der Waals surface area contributed by atoms with Gasteiger partial charge in [-0.1, -0.05) is 6.07 Å². The fourth-order valence-corrected chi connectivity index (χ4v) is 1.71. The van der Waals surface area contributed by atoms with Crippen LogP contribution in [0.25, 0.3) is 0 Å². The Morgan fingerprint density at radius 3 is 2.48 bits per heavy atom. The molecular weight excluding hydrogens is 272 g/mol. The zero-order chi connectivity index (χ0) is 14.7. The smallest absolute Gasteiger partial charge is 0.270 e. The molecule has 110 valence electrons. The predicted octanol–water partition coefficient (Wildman–Crippen LogP) is 2.84. The van der Waals surface area contributed by atoms with Crippen molar-refractivity contribution in [3.05, 3.63) is 63.2 Å². The molecule has 2 rings (SSSR count). The molecule has 2 aromatic carbocycles. The van der Waals surface area contributed by atoms with E-state index in [0.717, 1.165) is 11.3 Å². The van der Waals surface area contributed by atoms with Gasteiger partial charge in [0.1, 0.15) is 5.75 Å². The van der Waals surface area contributed by atoms with Gasteiger partial charge in [0.05, 0.1) is 10.6 Å². The number of phenolic OH excluding ortho intramolecular Hbond substituents is 1. The Balaban J connectivity index is 0.00000220. The van der Waals surface area contributed by atoms with E-state index in [9.17, 15) is 15.2 Å². The van der Waals surface area contributed by atoms with Crippen molar-refractivity contribution in [2.24, 2.45) is 4.99 Å². The Hall–Kier alpha value is -2.73. The first-order valence-electron chi connectivity index (χ1n) is 6.06. The van der Waals surface area contributed by atoms with Crippen molar-refractivity contribution < 1.29 is 15.5 Å². The minimum absolute atomic E-state index is 0. The number of aryl methyl sites for hydroxylation is 2. The molecule has 0 amide bonds.